The van der Waals surface area contributed by atoms with E-state index in [2.05, 4.69) is 30.7 Å². The molecule has 3 aromatic heterocycles. The first-order valence-corrected chi connectivity index (χ1v) is 7.24. The zero-order valence-corrected chi connectivity index (χ0v) is 13.1. The van der Waals surface area contributed by atoms with Gasteiger partial charge in [-0.15, -0.1) is 0 Å². The highest BCUT2D eigenvalue weighted by atomic mass is 32.1. The molecule has 0 radical (unpaired) electrons. The summed E-state index contributed by atoms with van der Waals surface area (Å²) in [6.07, 6.45) is 5.36. The van der Waals surface area contributed by atoms with Gasteiger partial charge in [0.2, 0.25) is 0 Å². The van der Waals surface area contributed by atoms with E-state index in [1.807, 2.05) is 32.3 Å². The van der Waals surface area contributed by atoms with E-state index in [1.54, 1.807) is 17.1 Å². The van der Waals surface area contributed by atoms with E-state index in [1.165, 1.54) is 0 Å². The molecule has 0 saturated carbocycles. The highest BCUT2D eigenvalue weighted by molar-refractivity contribution is 7.80. The molecule has 0 bridgehead atoms. The van der Waals surface area contributed by atoms with Gasteiger partial charge in [0.1, 0.15) is 11.3 Å². The molecule has 3 aromatic rings. The third kappa shape index (κ3) is 3.01. The summed E-state index contributed by atoms with van der Waals surface area (Å²) in [5.41, 5.74) is 2.93. The second kappa shape index (κ2) is 6.02. The second-order valence-corrected chi connectivity index (χ2v) is 5.09. The lowest BCUT2D eigenvalue weighted by Gasteiger charge is -2.08. The molecule has 0 saturated heterocycles. The van der Waals surface area contributed by atoms with Crippen LogP contribution in [0.4, 0.5) is 5.82 Å². The van der Waals surface area contributed by atoms with Crippen LogP contribution in [0.5, 0.6) is 0 Å². The van der Waals surface area contributed by atoms with Crippen LogP contribution >= 0.6 is 12.2 Å². The summed E-state index contributed by atoms with van der Waals surface area (Å²) >= 11 is 5.15. The van der Waals surface area contributed by atoms with Gasteiger partial charge in [-0.25, -0.2) is 9.97 Å². The smallest absolute Gasteiger partial charge is 0.180 e. The van der Waals surface area contributed by atoms with Crippen molar-refractivity contribution >= 4 is 34.3 Å². The van der Waals surface area contributed by atoms with Crippen molar-refractivity contribution in [1.82, 2.24) is 30.0 Å². The van der Waals surface area contributed by atoms with Gasteiger partial charge in [0.05, 0.1) is 18.1 Å². The average molecular weight is 313 g/mol. The van der Waals surface area contributed by atoms with Crippen molar-refractivity contribution in [3.63, 3.8) is 0 Å². The molecule has 7 nitrogen and oxygen atoms in total. The molecule has 0 aliphatic rings. The molecular formula is C14H15N7S. The maximum Gasteiger partial charge on any atom is 0.180 e. The van der Waals surface area contributed by atoms with Gasteiger partial charge in [-0.3, -0.25) is 9.67 Å². The largest absolute Gasteiger partial charge is 0.363 e. The van der Waals surface area contributed by atoms with E-state index < -0.39 is 0 Å². The number of rotatable bonds is 3. The van der Waals surface area contributed by atoms with Crippen LogP contribution in [0.3, 0.4) is 0 Å². The van der Waals surface area contributed by atoms with Crippen molar-refractivity contribution in [2.24, 2.45) is 7.05 Å². The normalized spacial score (nSPS) is 10.6. The molecule has 0 aliphatic carbocycles. The fourth-order valence-corrected chi connectivity index (χ4v) is 2.23. The van der Waals surface area contributed by atoms with Gasteiger partial charge >= 0.3 is 0 Å². The zero-order valence-electron chi connectivity index (χ0n) is 12.2. The van der Waals surface area contributed by atoms with Gasteiger partial charge in [0, 0.05) is 25.4 Å². The van der Waals surface area contributed by atoms with Crippen LogP contribution in [0.1, 0.15) is 6.92 Å². The minimum Gasteiger partial charge on any atom is -0.363 e. The Kier molecular flexibility index (Phi) is 3.92. The molecule has 0 atom stereocenters. The number of fused-ring (bicyclic) bond motifs is 1. The summed E-state index contributed by atoms with van der Waals surface area (Å²) in [5.74, 6) is 0.635. The second-order valence-electron chi connectivity index (χ2n) is 4.68. The quantitative estimate of drug-likeness (QED) is 0.713. The number of pyridine rings is 1. The van der Waals surface area contributed by atoms with Gasteiger partial charge in [0.15, 0.2) is 10.8 Å². The maximum atomic E-state index is 5.15. The number of nitrogens with zero attached hydrogens (tertiary/aromatic N) is 5. The Morgan fingerprint density at radius 2 is 2.14 bits per heavy atom. The van der Waals surface area contributed by atoms with Crippen molar-refractivity contribution in [1.29, 1.82) is 0 Å². The number of anilines is 1. The van der Waals surface area contributed by atoms with Gasteiger partial charge in [-0.2, -0.15) is 5.10 Å². The fraction of sp³-hybridized carbons (Fsp3) is 0.214. The minimum atomic E-state index is 0.533. The van der Waals surface area contributed by atoms with Gasteiger partial charge in [-0.05, 0) is 31.3 Å². The van der Waals surface area contributed by atoms with Crippen molar-refractivity contribution in [2.75, 3.05) is 11.9 Å². The van der Waals surface area contributed by atoms with Crippen LogP contribution in [0.15, 0.2) is 30.7 Å². The number of thiocarbonyl (C=S) groups is 1. The van der Waals surface area contributed by atoms with Crippen molar-refractivity contribution in [2.45, 2.75) is 6.92 Å². The van der Waals surface area contributed by atoms with Crippen molar-refractivity contribution in [3.8, 4) is 11.3 Å². The summed E-state index contributed by atoms with van der Waals surface area (Å²) < 4.78 is 1.72. The average Bonchev–Trinajstić information content (AvgIpc) is 2.93. The predicted molar refractivity (Wildman–Crippen MR) is 89.4 cm³/mol. The highest BCUT2D eigenvalue weighted by Gasteiger charge is 2.07. The van der Waals surface area contributed by atoms with E-state index in [0.717, 1.165) is 23.3 Å². The van der Waals surface area contributed by atoms with Crippen LogP contribution in [0.25, 0.3) is 22.4 Å². The molecule has 0 amide bonds. The summed E-state index contributed by atoms with van der Waals surface area (Å²) in [7, 11) is 1.86. The van der Waals surface area contributed by atoms with Gasteiger partial charge < -0.3 is 10.6 Å². The standard InChI is InChI=1S/C14H15N7S/c1-3-15-14(22)20-12-5-4-10-13(19-12)18-11(7-16-10)9-6-17-21(2)8-9/h4-8H,3H2,1-2H3,(H2,15,18,19,20,22). The van der Waals surface area contributed by atoms with Crippen LogP contribution in [-0.4, -0.2) is 36.4 Å². The monoisotopic (exact) mass is 313 g/mol. The summed E-state index contributed by atoms with van der Waals surface area (Å²) in [4.78, 5) is 13.4. The summed E-state index contributed by atoms with van der Waals surface area (Å²) in [6, 6.07) is 3.68. The minimum absolute atomic E-state index is 0.533. The number of aryl methyl sites for hydroxylation is 1. The van der Waals surface area contributed by atoms with E-state index in [-0.39, 0.29) is 0 Å². The molecule has 3 heterocycles. The molecule has 22 heavy (non-hydrogen) atoms. The Hall–Kier alpha value is -2.61. The zero-order chi connectivity index (χ0) is 15.5. The van der Waals surface area contributed by atoms with Crippen LogP contribution < -0.4 is 10.6 Å². The lowest BCUT2D eigenvalue weighted by atomic mass is 10.2. The van der Waals surface area contributed by atoms with E-state index >= 15 is 0 Å². The molecule has 0 unspecified atom stereocenters. The Morgan fingerprint density at radius 1 is 1.27 bits per heavy atom. The van der Waals surface area contributed by atoms with Gasteiger partial charge in [-0.1, -0.05) is 0 Å². The third-order valence-corrected chi connectivity index (χ3v) is 3.23. The first-order chi connectivity index (χ1) is 10.7. The summed E-state index contributed by atoms with van der Waals surface area (Å²) in [6.45, 7) is 2.73. The van der Waals surface area contributed by atoms with Crippen LogP contribution in [0.2, 0.25) is 0 Å². The van der Waals surface area contributed by atoms with E-state index in [4.69, 9.17) is 12.2 Å². The number of hydrogen-bond donors (Lipinski definition) is 2. The Morgan fingerprint density at radius 3 is 2.86 bits per heavy atom. The SMILES string of the molecule is CCNC(=S)Nc1ccc2ncc(-c3cnn(C)c3)nc2n1. The Balaban J connectivity index is 1.94. The first kappa shape index (κ1) is 14.3. The Bertz CT molecular complexity index is 827. The van der Waals surface area contributed by atoms with Crippen LogP contribution in [0, 0.1) is 0 Å². The Labute approximate surface area is 132 Å². The predicted octanol–water partition coefficient (Wildman–Crippen LogP) is 1.73. The molecule has 0 fully saturated rings. The molecule has 0 spiro atoms. The molecule has 2 N–H and O–H groups in total. The summed E-state index contributed by atoms with van der Waals surface area (Å²) in [5, 5.41) is 10.7. The van der Waals surface area contributed by atoms with Crippen molar-refractivity contribution in [3.05, 3.63) is 30.7 Å². The molecular weight excluding hydrogens is 298 g/mol. The lowest BCUT2D eigenvalue weighted by Crippen LogP contribution is -2.28. The molecule has 0 aromatic carbocycles. The van der Waals surface area contributed by atoms with E-state index in [9.17, 15) is 0 Å². The molecule has 0 aliphatic heterocycles. The fourth-order valence-electron chi connectivity index (χ4n) is 1.98. The maximum absolute atomic E-state index is 5.15. The highest BCUT2D eigenvalue weighted by Crippen LogP contribution is 2.18. The van der Waals surface area contributed by atoms with Crippen molar-refractivity contribution < 1.29 is 0 Å². The molecule has 8 heteroatoms. The first-order valence-electron chi connectivity index (χ1n) is 6.83. The molecule has 112 valence electrons. The number of nitrogens with one attached hydrogen (secondary N) is 2. The number of aromatic nitrogens is 5. The lowest BCUT2D eigenvalue weighted by molar-refractivity contribution is 0.768. The number of hydrogen-bond acceptors (Lipinski definition) is 5. The third-order valence-electron chi connectivity index (χ3n) is 2.99. The van der Waals surface area contributed by atoms with Crippen LogP contribution in [-0.2, 0) is 7.05 Å². The topological polar surface area (TPSA) is 80.5 Å². The molecule has 3 rings (SSSR count). The van der Waals surface area contributed by atoms with Gasteiger partial charge in [0.25, 0.3) is 0 Å². The van der Waals surface area contributed by atoms with E-state index in [0.29, 0.717) is 16.6 Å².